The van der Waals surface area contributed by atoms with Crippen LogP contribution in [0.15, 0.2) is 24.5 Å². The Morgan fingerprint density at radius 3 is 2.79 bits per heavy atom. The molecular weight excluding hydrogens is 372 g/mol. The highest BCUT2D eigenvalue weighted by Crippen LogP contribution is 2.44. The zero-order valence-electron chi connectivity index (χ0n) is 16.6. The molecule has 7 heteroatoms. The molecule has 1 aliphatic carbocycles. The summed E-state index contributed by atoms with van der Waals surface area (Å²) in [7, 11) is 0. The number of hydrogen-bond acceptors (Lipinski definition) is 6. The molecule has 0 bridgehead atoms. The predicted molar refractivity (Wildman–Crippen MR) is 114 cm³/mol. The van der Waals surface area contributed by atoms with Crippen molar-refractivity contribution in [2.24, 2.45) is 11.3 Å². The molecule has 0 amide bonds. The summed E-state index contributed by atoms with van der Waals surface area (Å²) in [5.74, 6) is 1.40. The SMILES string of the molecule is Cc1ccc([N+](=O)[O-])cc1Nc1ncnc2sc3c(c12)CCC(C(C)(C)C)C3. The second-order valence-corrected chi connectivity index (χ2v) is 9.68. The van der Waals surface area contributed by atoms with E-state index in [0.29, 0.717) is 17.0 Å². The number of hydrogen-bond donors (Lipinski definition) is 1. The number of thiophene rings is 1. The Bertz CT molecular complexity index is 1070. The van der Waals surface area contributed by atoms with E-state index in [9.17, 15) is 10.1 Å². The van der Waals surface area contributed by atoms with E-state index in [0.717, 1.165) is 40.9 Å². The van der Waals surface area contributed by atoms with Crippen molar-refractivity contribution in [1.29, 1.82) is 0 Å². The zero-order chi connectivity index (χ0) is 20.1. The minimum Gasteiger partial charge on any atom is -0.339 e. The predicted octanol–water partition coefficient (Wildman–Crippen LogP) is 5.80. The second kappa shape index (κ2) is 6.81. The molecule has 0 spiro atoms. The van der Waals surface area contributed by atoms with Crippen molar-refractivity contribution in [2.45, 2.75) is 47.0 Å². The van der Waals surface area contributed by atoms with Gasteiger partial charge in [0, 0.05) is 22.7 Å². The molecule has 3 aromatic rings. The Morgan fingerprint density at radius 1 is 1.29 bits per heavy atom. The van der Waals surface area contributed by atoms with Crippen LogP contribution in [0.2, 0.25) is 0 Å². The lowest BCUT2D eigenvalue weighted by atomic mass is 9.72. The molecule has 0 fully saturated rings. The monoisotopic (exact) mass is 396 g/mol. The Morgan fingerprint density at radius 2 is 2.07 bits per heavy atom. The van der Waals surface area contributed by atoms with Gasteiger partial charge in [-0.2, -0.15) is 0 Å². The summed E-state index contributed by atoms with van der Waals surface area (Å²) in [4.78, 5) is 22.1. The van der Waals surface area contributed by atoms with Crippen molar-refractivity contribution in [2.75, 3.05) is 5.32 Å². The first-order valence-electron chi connectivity index (χ1n) is 9.51. The van der Waals surface area contributed by atoms with Crippen LogP contribution >= 0.6 is 11.3 Å². The van der Waals surface area contributed by atoms with E-state index < -0.39 is 0 Å². The molecule has 0 aliphatic heterocycles. The van der Waals surface area contributed by atoms with Crippen LogP contribution in [0.4, 0.5) is 17.2 Å². The summed E-state index contributed by atoms with van der Waals surface area (Å²) in [6.07, 6.45) is 4.83. The molecule has 2 heterocycles. The van der Waals surface area contributed by atoms with Gasteiger partial charge in [0.15, 0.2) is 0 Å². The van der Waals surface area contributed by atoms with Crippen molar-refractivity contribution in [3.8, 4) is 0 Å². The Labute approximate surface area is 168 Å². The number of rotatable bonds is 3. The van der Waals surface area contributed by atoms with E-state index in [2.05, 4.69) is 36.1 Å². The number of benzene rings is 1. The fourth-order valence-corrected chi connectivity index (χ4v) is 5.20. The Balaban J connectivity index is 1.75. The number of aromatic nitrogens is 2. The van der Waals surface area contributed by atoms with Crippen LogP contribution in [0.1, 0.15) is 43.2 Å². The van der Waals surface area contributed by atoms with Gasteiger partial charge < -0.3 is 5.32 Å². The van der Waals surface area contributed by atoms with Gasteiger partial charge in [-0.25, -0.2) is 9.97 Å². The van der Waals surface area contributed by atoms with Gasteiger partial charge in [0.25, 0.3) is 5.69 Å². The van der Waals surface area contributed by atoms with Gasteiger partial charge in [0.05, 0.1) is 10.3 Å². The van der Waals surface area contributed by atoms with Crippen LogP contribution in [-0.4, -0.2) is 14.9 Å². The van der Waals surface area contributed by atoms with Crippen molar-refractivity contribution in [3.63, 3.8) is 0 Å². The lowest BCUT2D eigenvalue weighted by Crippen LogP contribution is -2.26. The van der Waals surface area contributed by atoms with Gasteiger partial charge in [0.1, 0.15) is 17.0 Å². The Kier molecular flexibility index (Phi) is 4.57. The maximum absolute atomic E-state index is 11.1. The lowest BCUT2D eigenvalue weighted by Gasteiger charge is -2.33. The highest BCUT2D eigenvalue weighted by Gasteiger charge is 2.31. The molecule has 28 heavy (non-hydrogen) atoms. The van der Waals surface area contributed by atoms with Crippen molar-refractivity contribution in [1.82, 2.24) is 9.97 Å². The minimum atomic E-state index is -0.376. The first-order valence-corrected chi connectivity index (χ1v) is 10.3. The summed E-state index contributed by atoms with van der Waals surface area (Å²) in [6, 6.07) is 4.85. The molecule has 146 valence electrons. The molecule has 0 saturated heterocycles. The average molecular weight is 397 g/mol. The third-order valence-corrected chi connectivity index (χ3v) is 6.92. The normalized spacial score (nSPS) is 16.8. The molecule has 1 aromatic carbocycles. The van der Waals surface area contributed by atoms with E-state index in [4.69, 9.17) is 0 Å². The van der Waals surface area contributed by atoms with Crippen LogP contribution in [0, 0.1) is 28.4 Å². The average Bonchev–Trinajstić information content (AvgIpc) is 3.01. The first kappa shape index (κ1) is 18.8. The molecule has 1 N–H and O–H groups in total. The minimum absolute atomic E-state index is 0.0683. The van der Waals surface area contributed by atoms with Crippen LogP contribution in [-0.2, 0) is 12.8 Å². The van der Waals surface area contributed by atoms with Gasteiger partial charge >= 0.3 is 0 Å². The smallest absolute Gasteiger partial charge is 0.271 e. The van der Waals surface area contributed by atoms with E-state index >= 15 is 0 Å². The second-order valence-electron chi connectivity index (χ2n) is 8.59. The van der Waals surface area contributed by atoms with Gasteiger partial charge in [0.2, 0.25) is 0 Å². The number of nitro benzene ring substituents is 1. The van der Waals surface area contributed by atoms with Gasteiger partial charge in [-0.3, -0.25) is 10.1 Å². The molecule has 1 unspecified atom stereocenters. The summed E-state index contributed by atoms with van der Waals surface area (Å²) in [5.41, 5.74) is 3.35. The third kappa shape index (κ3) is 3.35. The molecule has 1 atom stereocenters. The molecule has 1 aliphatic rings. The largest absolute Gasteiger partial charge is 0.339 e. The van der Waals surface area contributed by atoms with E-state index in [1.165, 1.54) is 16.5 Å². The maximum atomic E-state index is 11.1. The zero-order valence-corrected chi connectivity index (χ0v) is 17.4. The topological polar surface area (TPSA) is 81.0 Å². The summed E-state index contributed by atoms with van der Waals surface area (Å²) in [5, 5.41) is 15.6. The fraction of sp³-hybridized carbons (Fsp3) is 0.429. The lowest BCUT2D eigenvalue weighted by molar-refractivity contribution is -0.384. The van der Waals surface area contributed by atoms with Crippen LogP contribution in [0.3, 0.4) is 0 Å². The van der Waals surface area contributed by atoms with Crippen LogP contribution < -0.4 is 5.32 Å². The van der Waals surface area contributed by atoms with Crippen molar-refractivity contribution >= 4 is 38.7 Å². The van der Waals surface area contributed by atoms with Crippen LogP contribution in [0.5, 0.6) is 0 Å². The highest BCUT2D eigenvalue weighted by atomic mass is 32.1. The standard InChI is InChI=1S/C21H24N4O2S/c1-12-5-7-14(25(26)27)10-16(12)24-19-18-15-8-6-13(21(2,3)4)9-17(15)28-20(18)23-11-22-19/h5,7,10-11,13H,6,8-9H2,1-4H3,(H,22,23,24). The summed E-state index contributed by atoms with van der Waals surface area (Å²) < 4.78 is 0. The van der Waals surface area contributed by atoms with E-state index in [-0.39, 0.29) is 10.6 Å². The van der Waals surface area contributed by atoms with Gasteiger partial charge in [-0.15, -0.1) is 11.3 Å². The van der Waals surface area contributed by atoms with Crippen molar-refractivity contribution in [3.05, 3.63) is 50.6 Å². The summed E-state index contributed by atoms with van der Waals surface area (Å²) >= 11 is 1.76. The number of nitrogens with zero attached hydrogens (tertiary/aromatic N) is 3. The molecule has 0 saturated carbocycles. The number of fused-ring (bicyclic) bond motifs is 3. The summed E-state index contributed by atoms with van der Waals surface area (Å²) in [6.45, 7) is 8.87. The highest BCUT2D eigenvalue weighted by molar-refractivity contribution is 7.19. The third-order valence-electron chi connectivity index (χ3n) is 5.76. The number of anilines is 2. The number of nitro groups is 1. The van der Waals surface area contributed by atoms with Crippen molar-refractivity contribution < 1.29 is 4.92 Å². The molecule has 6 nitrogen and oxygen atoms in total. The molecule has 4 rings (SSSR count). The quantitative estimate of drug-likeness (QED) is 0.447. The Hall–Kier alpha value is -2.54. The number of aryl methyl sites for hydroxylation is 2. The number of nitrogens with one attached hydrogen (secondary N) is 1. The molecule has 2 aromatic heterocycles. The van der Waals surface area contributed by atoms with E-state index in [1.54, 1.807) is 29.8 Å². The molecule has 0 radical (unpaired) electrons. The number of non-ortho nitro benzene ring substituents is 1. The fourth-order valence-electron chi connectivity index (χ4n) is 3.93. The molecular formula is C21H24N4O2S. The van der Waals surface area contributed by atoms with Gasteiger partial charge in [-0.1, -0.05) is 26.8 Å². The first-order chi connectivity index (χ1) is 13.2. The van der Waals surface area contributed by atoms with Crippen LogP contribution in [0.25, 0.3) is 10.2 Å². The maximum Gasteiger partial charge on any atom is 0.271 e. The van der Waals surface area contributed by atoms with E-state index in [1.807, 2.05) is 6.92 Å². The van der Waals surface area contributed by atoms with Gasteiger partial charge in [-0.05, 0) is 48.6 Å².